The third-order valence-corrected chi connectivity index (χ3v) is 2.31. The largest absolute Gasteiger partial charge is 0.394 e. The summed E-state index contributed by atoms with van der Waals surface area (Å²) in [6.07, 6.45) is 2.60. The Morgan fingerprint density at radius 1 is 1.46 bits per heavy atom. The molecule has 1 rings (SSSR count). The minimum absolute atomic E-state index is 0.0982. The number of amides is 2. The van der Waals surface area contributed by atoms with Crippen LogP contribution in [0.4, 0.5) is 0 Å². The van der Waals surface area contributed by atoms with E-state index in [1.54, 1.807) is 0 Å². The van der Waals surface area contributed by atoms with E-state index in [2.05, 4.69) is 0 Å². The van der Waals surface area contributed by atoms with Crippen LogP contribution in [0.2, 0.25) is 0 Å². The lowest BCUT2D eigenvalue weighted by molar-refractivity contribution is -0.147. The lowest BCUT2D eigenvalue weighted by Gasteiger charge is -2.33. The summed E-state index contributed by atoms with van der Waals surface area (Å²) in [5.74, 6) is -1.63. The molecule has 0 saturated carbocycles. The second kappa shape index (κ2) is 4.23. The van der Waals surface area contributed by atoms with Gasteiger partial charge in [0.1, 0.15) is 0 Å². The molecule has 1 fully saturated rings. The number of primary amides is 1. The Morgan fingerprint density at radius 2 is 2.15 bits per heavy atom. The van der Waals surface area contributed by atoms with Crippen LogP contribution in [-0.2, 0) is 9.59 Å². The first-order valence-electron chi connectivity index (χ1n) is 4.38. The predicted molar refractivity (Wildman–Crippen MR) is 45.6 cm³/mol. The van der Waals surface area contributed by atoms with Crippen molar-refractivity contribution >= 4 is 11.8 Å². The van der Waals surface area contributed by atoms with E-state index in [-0.39, 0.29) is 12.6 Å². The van der Waals surface area contributed by atoms with Crippen LogP contribution < -0.4 is 5.73 Å². The van der Waals surface area contributed by atoms with Gasteiger partial charge >= 0.3 is 11.8 Å². The van der Waals surface area contributed by atoms with Crippen LogP contribution in [0.5, 0.6) is 0 Å². The lowest BCUT2D eigenvalue weighted by Crippen LogP contribution is -2.50. The van der Waals surface area contributed by atoms with Crippen molar-refractivity contribution in [2.45, 2.75) is 25.3 Å². The molecule has 1 aliphatic rings. The average Bonchev–Trinajstić information content (AvgIpc) is 2.16. The lowest BCUT2D eigenvalue weighted by atomic mass is 10.0. The fraction of sp³-hybridized carbons (Fsp3) is 0.750. The molecule has 5 nitrogen and oxygen atoms in total. The molecule has 3 N–H and O–H groups in total. The molecule has 1 heterocycles. The first kappa shape index (κ1) is 9.98. The second-order valence-electron chi connectivity index (χ2n) is 3.19. The van der Waals surface area contributed by atoms with Crippen LogP contribution in [0, 0.1) is 0 Å². The molecule has 1 saturated heterocycles. The maximum absolute atomic E-state index is 11.2. The topological polar surface area (TPSA) is 83.6 Å². The van der Waals surface area contributed by atoms with Gasteiger partial charge in [-0.05, 0) is 19.3 Å². The number of carbonyl (C=O) groups is 2. The minimum atomic E-state index is -0.944. The van der Waals surface area contributed by atoms with Crippen molar-refractivity contribution in [3.63, 3.8) is 0 Å². The highest BCUT2D eigenvalue weighted by molar-refractivity contribution is 6.34. The summed E-state index contributed by atoms with van der Waals surface area (Å²) >= 11 is 0. The van der Waals surface area contributed by atoms with Crippen molar-refractivity contribution in [2.75, 3.05) is 13.2 Å². The molecule has 0 aromatic heterocycles. The molecule has 1 aliphatic heterocycles. The van der Waals surface area contributed by atoms with Crippen molar-refractivity contribution in [2.24, 2.45) is 5.73 Å². The SMILES string of the molecule is NC(=O)C(=O)N1CCCCC1CO. The normalized spacial score (nSPS) is 22.8. The molecule has 74 valence electrons. The molecule has 0 aliphatic carbocycles. The number of likely N-dealkylation sites (tertiary alicyclic amines) is 1. The Bertz CT molecular complexity index is 217. The standard InChI is InChI=1S/C8H14N2O3/c9-7(12)8(13)10-4-2-1-3-6(10)5-11/h6,11H,1-5H2,(H2,9,12). The van der Waals surface area contributed by atoms with Gasteiger partial charge in [0.15, 0.2) is 0 Å². The summed E-state index contributed by atoms with van der Waals surface area (Å²) in [7, 11) is 0. The molecule has 0 aromatic rings. The van der Waals surface area contributed by atoms with E-state index in [0.717, 1.165) is 19.3 Å². The van der Waals surface area contributed by atoms with E-state index in [4.69, 9.17) is 10.8 Å². The Balaban J connectivity index is 2.64. The first-order valence-corrected chi connectivity index (χ1v) is 4.38. The molecule has 0 aromatic carbocycles. The molecule has 0 spiro atoms. The molecule has 1 unspecified atom stereocenters. The predicted octanol–water partition coefficient (Wildman–Crippen LogP) is -1.15. The number of aliphatic hydroxyl groups excluding tert-OH is 1. The maximum atomic E-state index is 11.2. The van der Waals surface area contributed by atoms with Crippen LogP contribution in [-0.4, -0.2) is 41.0 Å². The Kier molecular flexibility index (Phi) is 3.25. The molecule has 0 radical (unpaired) electrons. The second-order valence-corrected chi connectivity index (χ2v) is 3.19. The number of nitrogens with zero attached hydrogens (tertiary/aromatic N) is 1. The van der Waals surface area contributed by atoms with Gasteiger partial charge < -0.3 is 15.7 Å². The Labute approximate surface area is 76.5 Å². The number of piperidine rings is 1. The third kappa shape index (κ3) is 2.18. The number of nitrogens with two attached hydrogens (primary N) is 1. The quantitative estimate of drug-likeness (QED) is 0.507. The van der Waals surface area contributed by atoms with E-state index in [0.29, 0.717) is 6.54 Å². The minimum Gasteiger partial charge on any atom is -0.394 e. The number of rotatable bonds is 1. The van der Waals surface area contributed by atoms with Crippen LogP contribution >= 0.6 is 0 Å². The van der Waals surface area contributed by atoms with Crippen LogP contribution in [0.3, 0.4) is 0 Å². The molecule has 13 heavy (non-hydrogen) atoms. The number of hydrogen-bond donors (Lipinski definition) is 2. The fourth-order valence-corrected chi connectivity index (χ4v) is 1.60. The zero-order valence-corrected chi connectivity index (χ0v) is 7.40. The third-order valence-electron chi connectivity index (χ3n) is 2.31. The smallest absolute Gasteiger partial charge is 0.311 e. The van der Waals surface area contributed by atoms with Gasteiger partial charge in [-0.25, -0.2) is 0 Å². The van der Waals surface area contributed by atoms with Gasteiger partial charge in [-0.2, -0.15) is 0 Å². The summed E-state index contributed by atoms with van der Waals surface area (Å²) in [5.41, 5.74) is 4.87. The zero-order chi connectivity index (χ0) is 9.84. The highest BCUT2D eigenvalue weighted by Crippen LogP contribution is 2.16. The maximum Gasteiger partial charge on any atom is 0.311 e. The average molecular weight is 186 g/mol. The highest BCUT2D eigenvalue weighted by atomic mass is 16.3. The van der Waals surface area contributed by atoms with E-state index < -0.39 is 11.8 Å². The van der Waals surface area contributed by atoms with E-state index in [1.807, 2.05) is 0 Å². The zero-order valence-electron chi connectivity index (χ0n) is 7.40. The Morgan fingerprint density at radius 3 is 2.69 bits per heavy atom. The number of aliphatic hydroxyl groups is 1. The van der Waals surface area contributed by atoms with Crippen LogP contribution in [0.1, 0.15) is 19.3 Å². The van der Waals surface area contributed by atoms with Gasteiger partial charge in [0.2, 0.25) is 0 Å². The van der Waals surface area contributed by atoms with Gasteiger partial charge in [0.05, 0.1) is 12.6 Å². The summed E-state index contributed by atoms with van der Waals surface area (Å²) < 4.78 is 0. The molecule has 2 amide bonds. The van der Waals surface area contributed by atoms with E-state index in [9.17, 15) is 9.59 Å². The van der Waals surface area contributed by atoms with Crippen LogP contribution in [0.15, 0.2) is 0 Å². The summed E-state index contributed by atoms with van der Waals surface area (Å²) in [4.78, 5) is 23.2. The van der Waals surface area contributed by atoms with E-state index in [1.165, 1.54) is 4.90 Å². The van der Waals surface area contributed by atoms with Crippen molar-refractivity contribution in [1.82, 2.24) is 4.90 Å². The molecular formula is C8H14N2O3. The number of hydrogen-bond acceptors (Lipinski definition) is 3. The monoisotopic (exact) mass is 186 g/mol. The molecule has 1 atom stereocenters. The summed E-state index contributed by atoms with van der Waals surface area (Å²) in [6.45, 7) is 0.423. The van der Waals surface area contributed by atoms with Crippen molar-refractivity contribution in [3.8, 4) is 0 Å². The van der Waals surface area contributed by atoms with Gasteiger partial charge in [-0.15, -0.1) is 0 Å². The molecule has 0 bridgehead atoms. The van der Waals surface area contributed by atoms with Crippen molar-refractivity contribution in [1.29, 1.82) is 0 Å². The van der Waals surface area contributed by atoms with Crippen LogP contribution in [0.25, 0.3) is 0 Å². The van der Waals surface area contributed by atoms with Crippen molar-refractivity contribution < 1.29 is 14.7 Å². The van der Waals surface area contributed by atoms with E-state index >= 15 is 0 Å². The van der Waals surface area contributed by atoms with Crippen molar-refractivity contribution in [3.05, 3.63) is 0 Å². The van der Waals surface area contributed by atoms with Gasteiger partial charge in [0, 0.05) is 6.54 Å². The van der Waals surface area contributed by atoms with Gasteiger partial charge in [0.25, 0.3) is 0 Å². The Hall–Kier alpha value is -1.10. The highest BCUT2D eigenvalue weighted by Gasteiger charge is 2.28. The summed E-state index contributed by atoms with van der Waals surface area (Å²) in [5, 5.41) is 8.95. The fourth-order valence-electron chi connectivity index (χ4n) is 1.60. The number of carbonyl (C=O) groups excluding carboxylic acids is 2. The molecule has 5 heteroatoms. The van der Waals surface area contributed by atoms with Gasteiger partial charge in [-0.3, -0.25) is 9.59 Å². The first-order chi connectivity index (χ1) is 6.16. The summed E-state index contributed by atoms with van der Waals surface area (Å²) in [6, 6.07) is -0.228. The van der Waals surface area contributed by atoms with Gasteiger partial charge in [-0.1, -0.05) is 0 Å². The molecular weight excluding hydrogens is 172 g/mol.